The summed E-state index contributed by atoms with van der Waals surface area (Å²) in [6.45, 7) is 1.96. The summed E-state index contributed by atoms with van der Waals surface area (Å²) in [6, 6.07) is 25.2. The van der Waals surface area contributed by atoms with Gasteiger partial charge in [0.2, 0.25) is 0 Å². The number of nitrogens with one attached hydrogen (secondary N) is 2. The van der Waals surface area contributed by atoms with Crippen LogP contribution >= 0.6 is 0 Å². The predicted molar refractivity (Wildman–Crippen MR) is 121 cm³/mol. The molecule has 0 aliphatic rings. The summed E-state index contributed by atoms with van der Waals surface area (Å²) in [5.41, 5.74) is 3.36. The number of urea groups is 1. The normalized spacial score (nSPS) is 11.1. The van der Waals surface area contributed by atoms with E-state index in [1.165, 1.54) is 0 Å². The van der Waals surface area contributed by atoms with Crippen LogP contribution in [0.3, 0.4) is 0 Å². The lowest BCUT2D eigenvalue weighted by Gasteiger charge is -2.22. The van der Waals surface area contributed by atoms with Crippen molar-refractivity contribution in [3.8, 4) is 17.3 Å². The highest BCUT2D eigenvalue weighted by molar-refractivity contribution is 5.97. The molecule has 0 spiro atoms. The highest BCUT2D eigenvalue weighted by atomic mass is 16.2. The van der Waals surface area contributed by atoms with E-state index in [2.05, 4.69) is 10.6 Å². The van der Waals surface area contributed by atoms with Crippen LogP contribution in [0.2, 0.25) is 0 Å². The number of carbonyl (C=O) groups is 2. The Kier molecular flexibility index (Phi) is 7.39. The van der Waals surface area contributed by atoms with Gasteiger partial charge in [-0.15, -0.1) is 0 Å². The molecule has 0 fully saturated rings. The molecule has 6 nitrogen and oxygen atoms in total. The molecule has 3 amide bonds. The smallest absolute Gasteiger partial charge is 0.319 e. The van der Waals surface area contributed by atoms with Crippen molar-refractivity contribution in [2.24, 2.45) is 0 Å². The summed E-state index contributed by atoms with van der Waals surface area (Å²) in [5.74, 6) is -0.444. The molecule has 0 saturated heterocycles. The number of carbonyl (C=O) groups excluding carboxylic acids is 2. The van der Waals surface area contributed by atoms with Crippen LogP contribution in [0.1, 0.15) is 12.5 Å². The van der Waals surface area contributed by atoms with Gasteiger partial charge in [0.25, 0.3) is 5.91 Å². The molecular formula is C25H24N4O2. The molecule has 3 aromatic rings. The molecule has 3 rings (SSSR count). The van der Waals surface area contributed by atoms with Crippen molar-refractivity contribution in [3.05, 3.63) is 90.5 Å². The van der Waals surface area contributed by atoms with E-state index in [-0.39, 0.29) is 13.0 Å². The SMILES string of the molecule is CCN(C#N)C(=O)C(Cc1ccccc1)NC(=O)Nc1ccccc1-c1ccccc1. The van der Waals surface area contributed by atoms with Gasteiger partial charge < -0.3 is 10.6 Å². The number of nitriles is 1. The number of amides is 3. The van der Waals surface area contributed by atoms with Crippen LogP contribution < -0.4 is 10.6 Å². The Labute approximate surface area is 182 Å². The fraction of sp³-hybridized carbons (Fsp3) is 0.160. The van der Waals surface area contributed by atoms with E-state index in [4.69, 9.17) is 0 Å². The third-order valence-corrected chi connectivity index (χ3v) is 4.85. The largest absolute Gasteiger partial charge is 0.326 e. The van der Waals surface area contributed by atoms with Gasteiger partial charge >= 0.3 is 6.03 Å². The number of hydrogen-bond acceptors (Lipinski definition) is 3. The number of hydrogen-bond donors (Lipinski definition) is 2. The highest BCUT2D eigenvalue weighted by Gasteiger charge is 2.26. The summed E-state index contributed by atoms with van der Waals surface area (Å²) >= 11 is 0. The zero-order chi connectivity index (χ0) is 22.1. The van der Waals surface area contributed by atoms with Gasteiger partial charge in [-0.25, -0.2) is 9.69 Å². The zero-order valence-corrected chi connectivity index (χ0v) is 17.3. The monoisotopic (exact) mass is 412 g/mol. The van der Waals surface area contributed by atoms with Crippen LogP contribution in [-0.2, 0) is 11.2 Å². The van der Waals surface area contributed by atoms with Crippen LogP contribution in [0.5, 0.6) is 0 Å². The molecule has 0 aliphatic heterocycles. The summed E-state index contributed by atoms with van der Waals surface area (Å²) < 4.78 is 0. The lowest BCUT2D eigenvalue weighted by atomic mass is 10.0. The topological polar surface area (TPSA) is 85.2 Å². The molecule has 0 aromatic heterocycles. The molecule has 0 saturated carbocycles. The van der Waals surface area contributed by atoms with Gasteiger partial charge in [0.1, 0.15) is 6.04 Å². The van der Waals surface area contributed by atoms with Gasteiger partial charge in [-0.05, 0) is 24.1 Å². The Bertz CT molecular complexity index is 1060. The standard InChI is InChI=1S/C25H24N4O2/c1-2-29(18-26)24(30)23(17-19-11-5-3-6-12-19)28-25(31)27-22-16-10-9-15-21(22)20-13-7-4-8-14-20/h3-16,23H,2,17H2,1H3,(H2,27,28,31). The Hall–Kier alpha value is -4.11. The molecule has 0 bridgehead atoms. The van der Waals surface area contributed by atoms with Crippen LogP contribution in [0, 0.1) is 11.5 Å². The Morgan fingerprint density at radius 2 is 1.55 bits per heavy atom. The van der Waals surface area contributed by atoms with E-state index in [9.17, 15) is 14.9 Å². The van der Waals surface area contributed by atoms with Crippen LogP contribution in [-0.4, -0.2) is 29.4 Å². The second-order valence-electron chi connectivity index (χ2n) is 6.93. The zero-order valence-electron chi connectivity index (χ0n) is 17.3. The van der Waals surface area contributed by atoms with Gasteiger partial charge in [-0.2, -0.15) is 5.26 Å². The van der Waals surface area contributed by atoms with Crippen molar-refractivity contribution < 1.29 is 9.59 Å². The average Bonchev–Trinajstić information content (AvgIpc) is 2.81. The predicted octanol–water partition coefficient (Wildman–Crippen LogP) is 4.42. The van der Waals surface area contributed by atoms with E-state index in [0.29, 0.717) is 5.69 Å². The van der Waals surface area contributed by atoms with Gasteiger partial charge in [-0.1, -0.05) is 78.9 Å². The maximum absolute atomic E-state index is 12.8. The van der Waals surface area contributed by atoms with E-state index < -0.39 is 18.0 Å². The van der Waals surface area contributed by atoms with Crippen molar-refractivity contribution in [2.75, 3.05) is 11.9 Å². The first-order chi connectivity index (χ1) is 15.1. The fourth-order valence-corrected chi connectivity index (χ4v) is 3.29. The number of benzene rings is 3. The van der Waals surface area contributed by atoms with Crippen LogP contribution in [0.25, 0.3) is 11.1 Å². The van der Waals surface area contributed by atoms with Crippen molar-refractivity contribution in [3.63, 3.8) is 0 Å². The minimum absolute atomic E-state index is 0.237. The Balaban J connectivity index is 1.80. The third-order valence-electron chi connectivity index (χ3n) is 4.85. The maximum atomic E-state index is 12.8. The molecule has 1 unspecified atom stereocenters. The second-order valence-corrected chi connectivity index (χ2v) is 6.93. The highest BCUT2D eigenvalue weighted by Crippen LogP contribution is 2.27. The number of nitrogens with zero attached hydrogens (tertiary/aromatic N) is 2. The van der Waals surface area contributed by atoms with Crippen molar-refractivity contribution in [1.29, 1.82) is 5.26 Å². The van der Waals surface area contributed by atoms with Crippen molar-refractivity contribution in [1.82, 2.24) is 10.2 Å². The first kappa shape index (κ1) is 21.6. The average molecular weight is 412 g/mol. The van der Waals surface area contributed by atoms with E-state index >= 15 is 0 Å². The number of rotatable bonds is 7. The van der Waals surface area contributed by atoms with E-state index in [1.54, 1.807) is 6.92 Å². The first-order valence-corrected chi connectivity index (χ1v) is 10.1. The van der Waals surface area contributed by atoms with Gasteiger partial charge in [0, 0.05) is 18.5 Å². The molecule has 0 aliphatic carbocycles. The molecule has 31 heavy (non-hydrogen) atoms. The van der Waals surface area contributed by atoms with Gasteiger partial charge in [0.05, 0.1) is 5.69 Å². The molecule has 0 heterocycles. The fourth-order valence-electron chi connectivity index (χ4n) is 3.29. The molecule has 0 radical (unpaired) electrons. The quantitative estimate of drug-likeness (QED) is 0.445. The number of para-hydroxylation sites is 1. The minimum atomic E-state index is -0.870. The molecule has 1 atom stereocenters. The van der Waals surface area contributed by atoms with Gasteiger partial charge in [0.15, 0.2) is 6.19 Å². The third kappa shape index (κ3) is 5.71. The minimum Gasteiger partial charge on any atom is -0.326 e. The Morgan fingerprint density at radius 3 is 2.19 bits per heavy atom. The Morgan fingerprint density at radius 1 is 0.935 bits per heavy atom. The first-order valence-electron chi connectivity index (χ1n) is 10.1. The summed E-state index contributed by atoms with van der Waals surface area (Å²) in [6.07, 6.45) is 2.17. The summed E-state index contributed by atoms with van der Waals surface area (Å²) in [4.78, 5) is 26.7. The molecule has 2 N–H and O–H groups in total. The lowest BCUT2D eigenvalue weighted by molar-refractivity contribution is -0.129. The summed E-state index contributed by atoms with van der Waals surface area (Å²) in [5, 5.41) is 14.9. The van der Waals surface area contributed by atoms with E-state index in [1.807, 2.05) is 91.1 Å². The lowest BCUT2D eigenvalue weighted by Crippen LogP contribution is -2.49. The summed E-state index contributed by atoms with van der Waals surface area (Å²) in [7, 11) is 0. The number of likely N-dealkylation sites (N-methyl/N-ethyl adjacent to an activating group) is 1. The number of anilines is 1. The second kappa shape index (κ2) is 10.6. The van der Waals surface area contributed by atoms with E-state index in [0.717, 1.165) is 21.6 Å². The van der Waals surface area contributed by atoms with Crippen molar-refractivity contribution in [2.45, 2.75) is 19.4 Å². The molecule has 3 aromatic carbocycles. The van der Waals surface area contributed by atoms with Crippen LogP contribution in [0.4, 0.5) is 10.5 Å². The maximum Gasteiger partial charge on any atom is 0.319 e. The molecular weight excluding hydrogens is 388 g/mol. The molecule has 156 valence electrons. The van der Waals surface area contributed by atoms with Crippen LogP contribution in [0.15, 0.2) is 84.9 Å². The molecule has 6 heteroatoms. The van der Waals surface area contributed by atoms with Crippen molar-refractivity contribution >= 4 is 17.6 Å². The van der Waals surface area contributed by atoms with Gasteiger partial charge in [-0.3, -0.25) is 4.79 Å².